The van der Waals surface area contributed by atoms with E-state index in [2.05, 4.69) is 27.2 Å². The number of nitrogens with zero attached hydrogens (tertiary/aromatic N) is 4. The summed E-state index contributed by atoms with van der Waals surface area (Å²) in [5.74, 6) is -3.47. The first kappa shape index (κ1) is 38.0. The molecular weight excluding hydrogens is 716 g/mol. The minimum absolute atomic E-state index is 0.157. The van der Waals surface area contributed by atoms with E-state index in [1.807, 2.05) is 0 Å². The van der Waals surface area contributed by atoms with Gasteiger partial charge in [-0.15, -0.1) is 6.58 Å². The number of carbonyl (C=O) groups excluding carboxylic acids is 1. The smallest absolute Gasteiger partial charge is 0.418 e. The van der Waals surface area contributed by atoms with Crippen molar-refractivity contribution in [3.05, 3.63) is 129 Å². The van der Waals surface area contributed by atoms with Crippen molar-refractivity contribution in [1.82, 2.24) is 19.2 Å². The Labute approximate surface area is 306 Å². The van der Waals surface area contributed by atoms with Gasteiger partial charge in [-0.05, 0) is 48.9 Å². The molecule has 1 fully saturated rings. The quantitative estimate of drug-likeness (QED) is 0.0839. The molecule has 0 bridgehead atoms. The molecule has 17 heteroatoms. The fourth-order valence-electron chi connectivity index (χ4n) is 5.99. The molecule has 2 N–H and O–H groups in total. The molecule has 0 spiro atoms. The van der Waals surface area contributed by atoms with E-state index in [1.54, 1.807) is 30.5 Å². The third-order valence-corrected chi connectivity index (χ3v) is 8.68. The highest BCUT2D eigenvalue weighted by atomic mass is 19.4. The van der Waals surface area contributed by atoms with Gasteiger partial charge in [0.1, 0.15) is 5.75 Å². The predicted octanol–water partition coefficient (Wildman–Crippen LogP) is 4.91. The highest BCUT2D eigenvalue weighted by molar-refractivity contribution is 6.02. The standard InChI is InChI=1S/C37H36F4N6O7/c1-3-15-46-34(49)32(44-47(35(46)50)30-8-5-4-7-26(30)37(39,40)41)33(48)43-24-9-12-31(28(38)22-24)54-36(51-2)13-14-42-29-11-10-25(23-27(29)36)53-19-6-16-45-17-20-52-21-18-45/h3-5,7-14,22-23,42H,1,6,15-21H2,2H3,(H,43,48). The van der Waals surface area contributed by atoms with E-state index >= 15 is 4.39 Å². The van der Waals surface area contributed by atoms with E-state index in [-0.39, 0.29) is 11.4 Å². The van der Waals surface area contributed by atoms with Crippen LogP contribution in [0.1, 0.15) is 28.0 Å². The lowest BCUT2D eigenvalue weighted by Crippen LogP contribution is -2.45. The number of allylic oxidation sites excluding steroid dienone is 1. The number of carbonyl (C=O) groups is 1. The number of methoxy groups -OCH3 is 1. The fraction of sp³-hybridized carbons (Fsp3) is 0.297. The van der Waals surface area contributed by atoms with Gasteiger partial charge in [0.05, 0.1) is 36.6 Å². The van der Waals surface area contributed by atoms with Gasteiger partial charge in [0.2, 0.25) is 5.69 Å². The summed E-state index contributed by atoms with van der Waals surface area (Å²) in [7, 11) is 1.39. The van der Waals surface area contributed by atoms with Crippen molar-refractivity contribution in [2.75, 3.05) is 57.2 Å². The number of hydrogen-bond acceptors (Lipinski definition) is 10. The van der Waals surface area contributed by atoms with Crippen LogP contribution in [0.3, 0.4) is 0 Å². The highest BCUT2D eigenvalue weighted by Gasteiger charge is 2.38. The first-order valence-electron chi connectivity index (χ1n) is 16.8. The number of hydrogen-bond donors (Lipinski definition) is 2. The maximum atomic E-state index is 15.7. The first-order chi connectivity index (χ1) is 25.9. The number of halogens is 4. The van der Waals surface area contributed by atoms with Gasteiger partial charge in [-0.2, -0.15) is 23.0 Å². The van der Waals surface area contributed by atoms with Gasteiger partial charge in [-0.1, -0.05) is 18.2 Å². The minimum Gasteiger partial charge on any atom is -0.494 e. The van der Waals surface area contributed by atoms with Crippen LogP contribution in [0.15, 0.2) is 95.2 Å². The fourth-order valence-corrected chi connectivity index (χ4v) is 5.99. The molecule has 6 rings (SSSR count). The third-order valence-electron chi connectivity index (χ3n) is 8.68. The van der Waals surface area contributed by atoms with Crippen LogP contribution in [0.5, 0.6) is 11.5 Å². The van der Waals surface area contributed by atoms with Gasteiger partial charge < -0.3 is 29.6 Å². The molecule has 3 aromatic carbocycles. The summed E-state index contributed by atoms with van der Waals surface area (Å²) in [6.07, 6.45) is 0.196. The van der Waals surface area contributed by atoms with Crippen molar-refractivity contribution in [3.8, 4) is 17.2 Å². The van der Waals surface area contributed by atoms with Crippen LogP contribution in [0, 0.1) is 5.82 Å². The molecule has 0 radical (unpaired) electrons. The topological polar surface area (TPSA) is 138 Å². The maximum Gasteiger partial charge on any atom is 0.418 e. The van der Waals surface area contributed by atoms with E-state index in [0.29, 0.717) is 46.1 Å². The molecule has 1 unspecified atom stereocenters. The summed E-state index contributed by atoms with van der Waals surface area (Å²) >= 11 is 0. The number of morpholine rings is 1. The molecule has 284 valence electrons. The zero-order valence-electron chi connectivity index (χ0n) is 29.0. The van der Waals surface area contributed by atoms with E-state index < -0.39 is 58.4 Å². The molecule has 13 nitrogen and oxygen atoms in total. The second-order valence-electron chi connectivity index (χ2n) is 12.2. The monoisotopic (exact) mass is 752 g/mol. The van der Waals surface area contributed by atoms with Crippen molar-refractivity contribution >= 4 is 17.3 Å². The average Bonchev–Trinajstić information content (AvgIpc) is 3.16. The molecule has 3 heterocycles. The second-order valence-corrected chi connectivity index (χ2v) is 12.2. The molecule has 1 atom stereocenters. The average molecular weight is 753 g/mol. The van der Waals surface area contributed by atoms with Gasteiger partial charge in [0, 0.05) is 63.0 Å². The van der Waals surface area contributed by atoms with Gasteiger partial charge in [0.25, 0.3) is 17.3 Å². The number of fused-ring (bicyclic) bond motifs is 1. The van der Waals surface area contributed by atoms with Crippen LogP contribution < -0.4 is 31.4 Å². The van der Waals surface area contributed by atoms with Gasteiger partial charge >= 0.3 is 11.9 Å². The SMILES string of the molecule is C=CCn1c(=O)c(C(=O)Nc2ccc(OC3(OC)C=CNc4ccc(OCCCN5CCOCC5)cc43)c(F)c2)nn(-c2ccccc2C(F)(F)F)c1=O. The number of rotatable bonds is 13. The van der Waals surface area contributed by atoms with Crippen LogP contribution in [0.2, 0.25) is 0 Å². The number of benzene rings is 3. The van der Waals surface area contributed by atoms with E-state index in [9.17, 15) is 27.6 Å². The Hall–Kier alpha value is -5.78. The third kappa shape index (κ3) is 8.07. The lowest BCUT2D eigenvalue weighted by atomic mass is 10.00. The first-order valence-corrected chi connectivity index (χ1v) is 16.8. The molecule has 1 aromatic heterocycles. The minimum atomic E-state index is -4.90. The zero-order valence-corrected chi connectivity index (χ0v) is 29.0. The largest absolute Gasteiger partial charge is 0.494 e. The Morgan fingerprint density at radius 1 is 1.11 bits per heavy atom. The number of para-hydroxylation sites is 1. The van der Waals surface area contributed by atoms with E-state index in [0.717, 1.165) is 56.4 Å². The number of nitrogens with one attached hydrogen (secondary N) is 2. The van der Waals surface area contributed by atoms with Crippen molar-refractivity contribution in [2.24, 2.45) is 0 Å². The second kappa shape index (κ2) is 16.1. The molecule has 0 aliphatic carbocycles. The molecule has 0 saturated carbocycles. The Morgan fingerprint density at radius 3 is 2.61 bits per heavy atom. The van der Waals surface area contributed by atoms with Crippen molar-refractivity contribution in [1.29, 1.82) is 0 Å². The predicted molar refractivity (Wildman–Crippen MR) is 190 cm³/mol. The lowest BCUT2D eigenvalue weighted by Gasteiger charge is -2.34. The summed E-state index contributed by atoms with van der Waals surface area (Å²) in [6, 6.07) is 12.8. The number of aromatic nitrogens is 3. The molecular formula is C37H36F4N6O7. The molecule has 4 aromatic rings. The summed E-state index contributed by atoms with van der Waals surface area (Å²) in [4.78, 5) is 42.0. The maximum absolute atomic E-state index is 15.7. The van der Waals surface area contributed by atoms with Crippen LogP contribution >= 0.6 is 0 Å². The van der Waals surface area contributed by atoms with Gasteiger partial charge in [-0.25, -0.2) is 9.18 Å². The summed E-state index contributed by atoms with van der Waals surface area (Å²) in [5, 5.41) is 9.15. The van der Waals surface area contributed by atoms with Crippen LogP contribution in [-0.4, -0.2) is 71.7 Å². The zero-order chi connectivity index (χ0) is 38.5. The Morgan fingerprint density at radius 2 is 1.89 bits per heavy atom. The van der Waals surface area contributed by atoms with Crippen molar-refractivity contribution < 1.29 is 41.3 Å². The number of anilines is 2. The van der Waals surface area contributed by atoms with Gasteiger partial charge in [-0.3, -0.25) is 19.1 Å². The summed E-state index contributed by atoms with van der Waals surface area (Å²) in [6.45, 7) is 7.54. The van der Waals surface area contributed by atoms with E-state index in [1.165, 1.54) is 25.3 Å². The molecule has 2 aliphatic heterocycles. The number of alkyl halides is 3. The van der Waals surface area contributed by atoms with Gasteiger partial charge in [0.15, 0.2) is 11.6 Å². The Bertz CT molecular complexity index is 2180. The van der Waals surface area contributed by atoms with E-state index in [4.69, 9.17) is 18.9 Å². The number of ether oxygens (including phenoxy) is 4. The Balaban J connectivity index is 1.22. The highest BCUT2D eigenvalue weighted by Crippen LogP contribution is 2.41. The van der Waals surface area contributed by atoms with Crippen molar-refractivity contribution in [3.63, 3.8) is 0 Å². The molecule has 1 saturated heterocycles. The van der Waals surface area contributed by atoms with Crippen LogP contribution in [-0.2, 0) is 28.0 Å². The molecule has 1 amide bonds. The lowest BCUT2D eigenvalue weighted by molar-refractivity contribution is -0.137. The Kier molecular flexibility index (Phi) is 11.3. The van der Waals surface area contributed by atoms with Crippen molar-refractivity contribution in [2.45, 2.75) is 24.9 Å². The summed E-state index contributed by atoms with van der Waals surface area (Å²) < 4.78 is 81.3. The number of amides is 1. The van der Waals surface area contributed by atoms with Crippen LogP contribution in [0.4, 0.5) is 28.9 Å². The summed E-state index contributed by atoms with van der Waals surface area (Å²) in [5.41, 5.74) is -4.33. The molecule has 54 heavy (non-hydrogen) atoms. The molecule has 2 aliphatic rings. The normalized spacial score (nSPS) is 17.0. The van der Waals surface area contributed by atoms with Crippen LogP contribution in [0.25, 0.3) is 5.69 Å².